The van der Waals surface area contributed by atoms with Crippen LogP contribution in [0.4, 0.5) is 4.39 Å². The maximum absolute atomic E-state index is 13.5. The molecule has 1 aromatic rings. The topological polar surface area (TPSA) is 35.2 Å². The van der Waals surface area contributed by atoms with Crippen LogP contribution in [0.25, 0.3) is 0 Å². The Morgan fingerprint density at radius 2 is 2.24 bits per heavy atom. The highest BCUT2D eigenvalue weighted by atomic mass is 35.5. The fourth-order valence-electron chi connectivity index (χ4n) is 2.20. The van der Waals surface area contributed by atoms with Gasteiger partial charge in [0, 0.05) is 16.6 Å². The Hall–Kier alpha value is -0.640. The molecule has 0 spiro atoms. The number of ether oxygens (including phenoxy) is 1. The van der Waals surface area contributed by atoms with Crippen molar-refractivity contribution in [3.05, 3.63) is 34.6 Å². The molecule has 1 saturated carbocycles. The molecule has 1 fully saturated rings. The predicted octanol–water partition coefficient (Wildman–Crippen LogP) is 3.27. The van der Waals surface area contributed by atoms with Gasteiger partial charge in [-0.3, -0.25) is 0 Å². The summed E-state index contributed by atoms with van der Waals surface area (Å²) in [7, 11) is 0. The third-order valence-corrected chi connectivity index (χ3v) is 3.55. The molecule has 1 aliphatic rings. The van der Waals surface area contributed by atoms with Gasteiger partial charge in [-0.2, -0.15) is 0 Å². The number of halogens is 2. The quantitative estimate of drug-likeness (QED) is 0.902. The molecule has 0 saturated heterocycles. The monoisotopic (exact) mass is 257 g/mol. The molecule has 2 N–H and O–H groups in total. The molecule has 94 valence electrons. The van der Waals surface area contributed by atoms with Crippen molar-refractivity contribution in [2.45, 2.75) is 44.4 Å². The fraction of sp³-hybridized carbons (Fsp3) is 0.538. The predicted molar refractivity (Wildman–Crippen MR) is 66.4 cm³/mol. The van der Waals surface area contributed by atoms with E-state index in [9.17, 15) is 4.39 Å². The summed E-state index contributed by atoms with van der Waals surface area (Å²) < 4.78 is 19.2. The minimum absolute atomic E-state index is 0.134. The molecule has 0 aliphatic heterocycles. The van der Waals surface area contributed by atoms with E-state index in [1.807, 2.05) is 0 Å². The number of rotatable bonds is 3. The first-order chi connectivity index (χ1) is 8.16. The summed E-state index contributed by atoms with van der Waals surface area (Å²) in [4.78, 5) is 0. The largest absolute Gasteiger partial charge is 0.373 e. The summed E-state index contributed by atoms with van der Waals surface area (Å²) >= 11 is 5.93. The van der Waals surface area contributed by atoms with Gasteiger partial charge in [-0.25, -0.2) is 4.39 Å². The van der Waals surface area contributed by atoms with Gasteiger partial charge >= 0.3 is 0 Å². The maximum Gasteiger partial charge on any atom is 0.130 e. The molecule has 17 heavy (non-hydrogen) atoms. The minimum atomic E-state index is -0.308. The van der Waals surface area contributed by atoms with E-state index in [-0.39, 0.29) is 24.6 Å². The van der Waals surface area contributed by atoms with Crippen molar-refractivity contribution in [3.8, 4) is 0 Å². The van der Waals surface area contributed by atoms with E-state index in [0.717, 1.165) is 25.7 Å². The minimum Gasteiger partial charge on any atom is -0.373 e. The van der Waals surface area contributed by atoms with Crippen LogP contribution in [0.1, 0.15) is 31.2 Å². The van der Waals surface area contributed by atoms with Gasteiger partial charge in [-0.05, 0) is 37.8 Å². The Kier molecular flexibility index (Phi) is 4.37. The van der Waals surface area contributed by atoms with Crippen LogP contribution in [0.15, 0.2) is 18.2 Å². The smallest absolute Gasteiger partial charge is 0.130 e. The van der Waals surface area contributed by atoms with E-state index in [0.29, 0.717) is 10.6 Å². The number of hydrogen-bond donors (Lipinski definition) is 1. The van der Waals surface area contributed by atoms with E-state index in [1.54, 1.807) is 12.1 Å². The zero-order valence-electron chi connectivity index (χ0n) is 9.66. The van der Waals surface area contributed by atoms with E-state index in [4.69, 9.17) is 22.1 Å². The summed E-state index contributed by atoms with van der Waals surface area (Å²) in [6.07, 6.45) is 4.12. The average Bonchev–Trinajstić information content (AvgIpc) is 2.28. The zero-order chi connectivity index (χ0) is 12.3. The Balaban J connectivity index is 1.93. The van der Waals surface area contributed by atoms with Gasteiger partial charge in [-0.15, -0.1) is 0 Å². The van der Waals surface area contributed by atoms with Gasteiger partial charge < -0.3 is 10.5 Å². The van der Waals surface area contributed by atoms with Crippen LogP contribution < -0.4 is 5.73 Å². The second-order valence-corrected chi connectivity index (χ2v) is 4.97. The van der Waals surface area contributed by atoms with E-state index in [2.05, 4.69) is 0 Å². The highest BCUT2D eigenvalue weighted by molar-refractivity contribution is 6.31. The second kappa shape index (κ2) is 5.80. The van der Waals surface area contributed by atoms with Gasteiger partial charge in [-0.1, -0.05) is 17.7 Å². The molecule has 0 radical (unpaired) electrons. The number of nitrogens with two attached hydrogens (primary N) is 1. The normalized spacial score (nSPS) is 24.9. The van der Waals surface area contributed by atoms with E-state index in [1.165, 1.54) is 6.07 Å². The third-order valence-electron chi connectivity index (χ3n) is 3.19. The molecular weight excluding hydrogens is 241 g/mol. The van der Waals surface area contributed by atoms with Crippen LogP contribution in [-0.2, 0) is 11.3 Å². The lowest BCUT2D eigenvalue weighted by Crippen LogP contribution is -2.32. The molecule has 4 heteroatoms. The summed E-state index contributed by atoms with van der Waals surface area (Å²) in [5.41, 5.74) is 6.31. The zero-order valence-corrected chi connectivity index (χ0v) is 10.4. The Bertz CT molecular complexity index is 365. The molecule has 2 nitrogen and oxygen atoms in total. The lowest BCUT2D eigenvalue weighted by Gasteiger charge is -2.26. The number of benzene rings is 1. The second-order valence-electron chi connectivity index (χ2n) is 4.56. The molecule has 2 unspecified atom stereocenters. The van der Waals surface area contributed by atoms with Gasteiger partial charge in [0.1, 0.15) is 5.82 Å². The molecule has 0 heterocycles. The van der Waals surface area contributed by atoms with Crippen LogP contribution in [0.2, 0.25) is 5.02 Å². The Morgan fingerprint density at radius 3 is 2.94 bits per heavy atom. The standard InChI is InChI=1S/C13H17ClFNO/c14-12-5-2-6-13(15)11(12)8-17-10-4-1-3-9(16)7-10/h2,5-6,9-10H,1,3-4,7-8,16H2. The lowest BCUT2D eigenvalue weighted by molar-refractivity contribution is 0.0111. The van der Waals surface area contributed by atoms with Crippen molar-refractivity contribution in [1.29, 1.82) is 0 Å². The van der Waals surface area contributed by atoms with Crippen molar-refractivity contribution in [1.82, 2.24) is 0 Å². The summed E-state index contributed by atoms with van der Waals surface area (Å²) in [6, 6.07) is 4.88. The highest BCUT2D eigenvalue weighted by Crippen LogP contribution is 2.24. The van der Waals surface area contributed by atoms with Crippen LogP contribution >= 0.6 is 11.6 Å². The van der Waals surface area contributed by atoms with Crippen molar-refractivity contribution in [3.63, 3.8) is 0 Å². The molecular formula is C13H17ClFNO. The lowest BCUT2D eigenvalue weighted by atomic mass is 9.93. The molecule has 2 atom stereocenters. The van der Waals surface area contributed by atoms with Crippen molar-refractivity contribution >= 4 is 11.6 Å². The Morgan fingerprint density at radius 1 is 1.41 bits per heavy atom. The average molecular weight is 258 g/mol. The first-order valence-electron chi connectivity index (χ1n) is 5.97. The van der Waals surface area contributed by atoms with Crippen molar-refractivity contribution in [2.75, 3.05) is 0 Å². The molecule has 1 aromatic carbocycles. The molecule has 1 aliphatic carbocycles. The molecule has 0 amide bonds. The van der Waals surface area contributed by atoms with Gasteiger partial charge in [0.2, 0.25) is 0 Å². The van der Waals surface area contributed by atoms with E-state index < -0.39 is 0 Å². The first kappa shape index (κ1) is 12.8. The summed E-state index contributed by atoms with van der Waals surface area (Å²) in [5.74, 6) is -0.308. The van der Waals surface area contributed by atoms with Gasteiger partial charge in [0.15, 0.2) is 0 Å². The summed E-state index contributed by atoms with van der Waals surface area (Å²) in [5, 5.41) is 0.421. The highest BCUT2D eigenvalue weighted by Gasteiger charge is 2.20. The van der Waals surface area contributed by atoms with Gasteiger partial charge in [0.05, 0.1) is 12.7 Å². The first-order valence-corrected chi connectivity index (χ1v) is 6.34. The van der Waals surface area contributed by atoms with Crippen LogP contribution in [-0.4, -0.2) is 12.1 Å². The van der Waals surface area contributed by atoms with Crippen molar-refractivity contribution in [2.24, 2.45) is 5.73 Å². The molecule has 2 rings (SSSR count). The Labute approximate surface area is 106 Å². The fourth-order valence-corrected chi connectivity index (χ4v) is 2.42. The third kappa shape index (κ3) is 3.41. The van der Waals surface area contributed by atoms with Gasteiger partial charge in [0.25, 0.3) is 0 Å². The molecule has 0 aromatic heterocycles. The maximum atomic E-state index is 13.5. The SMILES string of the molecule is NC1CCCC(OCc2c(F)cccc2Cl)C1. The van der Waals surface area contributed by atoms with Crippen LogP contribution in [0.3, 0.4) is 0 Å². The van der Waals surface area contributed by atoms with Crippen LogP contribution in [0.5, 0.6) is 0 Å². The van der Waals surface area contributed by atoms with E-state index >= 15 is 0 Å². The molecule has 0 bridgehead atoms. The van der Waals surface area contributed by atoms with Crippen molar-refractivity contribution < 1.29 is 9.13 Å². The number of hydrogen-bond acceptors (Lipinski definition) is 2. The van der Waals surface area contributed by atoms with Crippen LogP contribution in [0, 0.1) is 5.82 Å². The summed E-state index contributed by atoms with van der Waals surface area (Å²) in [6.45, 7) is 0.225.